The zero-order valence-corrected chi connectivity index (χ0v) is 17.9. The third kappa shape index (κ3) is 4.96. The molecule has 0 aliphatic heterocycles. The summed E-state index contributed by atoms with van der Waals surface area (Å²) in [6.45, 7) is 6.02. The number of aryl methyl sites for hydroxylation is 3. The first kappa shape index (κ1) is 19.9. The summed E-state index contributed by atoms with van der Waals surface area (Å²) in [4.78, 5) is 16.6. The fraction of sp³-hybridized carbons (Fsp3) is 0.167. The van der Waals surface area contributed by atoms with Crippen molar-refractivity contribution in [3.63, 3.8) is 0 Å². The maximum atomic E-state index is 12.2. The van der Waals surface area contributed by atoms with Crippen LogP contribution in [0, 0.1) is 20.8 Å². The zero-order valence-electron chi connectivity index (χ0n) is 17.1. The van der Waals surface area contributed by atoms with Crippen LogP contribution in [0.3, 0.4) is 0 Å². The average molecular weight is 419 g/mol. The van der Waals surface area contributed by atoms with E-state index < -0.39 is 0 Å². The Morgan fingerprint density at radius 3 is 2.30 bits per heavy atom. The predicted molar refractivity (Wildman–Crippen MR) is 121 cm³/mol. The summed E-state index contributed by atoms with van der Waals surface area (Å²) in [5, 5.41) is 3.37. The molecule has 0 aliphatic carbocycles. The molecule has 0 saturated carbocycles. The number of hydrogen-bond acceptors (Lipinski definition) is 5. The van der Waals surface area contributed by atoms with Crippen molar-refractivity contribution in [2.24, 2.45) is 0 Å². The summed E-state index contributed by atoms with van der Waals surface area (Å²) >= 11 is 1.45. The van der Waals surface area contributed by atoms with E-state index in [1.807, 2.05) is 57.2 Å². The summed E-state index contributed by atoms with van der Waals surface area (Å²) in [5.41, 5.74) is 4.34. The van der Waals surface area contributed by atoms with Gasteiger partial charge in [0.1, 0.15) is 17.2 Å². The van der Waals surface area contributed by atoms with E-state index in [2.05, 4.69) is 22.4 Å². The third-order valence-electron chi connectivity index (χ3n) is 4.41. The standard InChI is InChI=1S/C24H22N2O3S/c1-15-4-9-21-22(13-15)30-24(25-21)26-23(27)14-28-18-5-7-19(8-6-18)29-20-11-16(2)10-17(3)12-20/h4-13H,14H2,1-3H3,(H,25,26,27). The fourth-order valence-corrected chi connectivity index (χ4v) is 4.10. The summed E-state index contributed by atoms with van der Waals surface area (Å²) < 4.78 is 12.5. The van der Waals surface area contributed by atoms with Gasteiger partial charge >= 0.3 is 0 Å². The monoisotopic (exact) mass is 418 g/mol. The molecule has 0 fully saturated rings. The lowest BCUT2D eigenvalue weighted by molar-refractivity contribution is -0.118. The van der Waals surface area contributed by atoms with Gasteiger partial charge < -0.3 is 9.47 Å². The van der Waals surface area contributed by atoms with Crippen LogP contribution in [0.1, 0.15) is 16.7 Å². The van der Waals surface area contributed by atoms with Crippen LogP contribution in [0.4, 0.5) is 5.13 Å². The van der Waals surface area contributed by atoms with E-state index in [4.69, 9.17) is 9.47 Å². The van der Waals surface area contributed by atoms with Crippen molar-refractivity contribution in [3.8, 4) is 17.2 Å². The van der Waals surface area contributed by atoms with Crippen molar-refractivity contribution in [1.82, 2.24) is 4.98 Å². The lowest BCUT2D eigenvalue weighted by Crippen LogP contribution is -2.19. The highest BCUT2D eigenvalue weighted by atomic mass is 32.1. The van der Waals surface area contributed by atoms with Crippen LogP contribution in [-0.2, 0) is 4.79 Å². The number of nitrogens with one attached hydrogen (secondary N) is 1. The van der Waals surface area contributed by atoms with E-state index in [1.165, 1.54) is 11.3 Å². The van der Waals surface area contributed by atoms with E-state index >= 15 is 0 Å². The molecule has 0 unspecified atom stereocenters. The van der Waals surface area contributed by atoms with E-state index in [-0.39, 0.29) is 12.5 Å². The van der Waals surface area contributed by atoms with E-state index in [9.17, 15) is 4.79 Å². The molecule has 5 nitrogen and oxygen atoms in total. The first-order valence-electron chi connectivity index (χ1n) is 9.61. The van der Waals surface area contributed by atoms with Gasteiger partial charge in [-0.1, -0.05) is 23.5 Å². The highest BCUT2D eigenvalue weighted by Gasteiger charge is 2.09. The fourth-order valence-electron chi connectivity index (χ4n) is 3.12. The average Bonchev–Trinajstić information content (AvgIpc) is 3.08. The minimum atomic E-state index is -0.249. The highest BCUT2D eigenvalue weighted by molar-refractivity contribution is 7.22. The molecular weight excluding hydrogens is 396 g/mol. The number of rotatable bonds is 6. The SMILES string of the molecule is Cc1cc(C)cc(Oc2ccc(OCC(=O)Nc3nc4ccc(C)cc4s3)cc2)c1. The van der Waals surface area contributed by atoms with Gasteiger partial charge in [0.15, 0.2) is 11.7 Å². The minimum Gasteiger partial charge on any atom is -0.484 e. The van der Waals surface area contributed by atoms with Crippen molar-refractivity contribution in [3.05, 3.63) is 77.4 Å². The Morgan fingerprint density at radius 1 is 0.867 bits per heavy atom. The van der Waals surface area contributed by atoms with Gasteiger partial charge in [0.05, 0.1) is 10.2 Å². The summed E-state index contributed by atoms with van der Waals surface area (Å²) in [7, 11) is 0. The van der Waals surface area contributed by atoms with E-state index in [1.54, 1.807) is 12.1 Å². The van der Waals surface area contributed by atoms with Crippen LogP contribution in [0.25, 0.3) is 10.2 Å². The van der Waals surface area contributed by atoms with Gasteiger partial charge in [0, 0.05) is 0 Å². The number of benzene rings is 3. The van der Waals surface area contributed by atoms with Crippen LogP contribution < -0.4 is 14.8 Å². The topological polar surface area (TPSA) is 60.5 Å². The zero-order chi connectivity index (χ0) is 21.1. The molecule has 30 heavy (non-hydrogen) atoms. The molecule has 4 aromatic rings. The lowest BCUT2D eigenvalue weighted by Gasteiger charge is -2.09. The van der Waals surface area contributed by atoms with E-state index in [0.717, 1.165) is 32.7 Å². The molecule has 1 aromatic heterocycles. The maximum absolute atomic E-state index is 12.2. The van der Waals surface area contributed by atoms with Gasteiger partial charge in [-0.2, -0.15) is 0 Å². The number of carbonyl (C=O) groups excluding carboxylic acids is 1. The molecule has 1 N–H and O–H groups in total. The van der Waals surface area contributed by atoms with E-state index in [0.29, 0.717) is 16.6 Å². The summed E-state index contributed by atoms with van der Waals surface area (Å²) in [6, 6.07) is 19.3. The van der Waals surface area contributed by atoms with Gasteiger partial charge in [-0.3, -0.25) is 10.1 Å². The lowest BCUT2D eigenvalue weighted by atomic mass is 10.1. The van der Waals surface area contributed by atoms with Crippen LogP contribution in [0.5, 0.6) is 17.2 Å². The maximum Gasteiger partial charge on any atom is 0.264 e. The molecule has 0 atom stereocenters. The Labute approximate surface area is 179 Å². The number of nitrogens with zero attached hydrogens (tertiary/aromatic N) is 1. The second-order valence-electron chi connectivity index (χ2n) is 7.22. The Morgan fingerprint density at radius 2 is 1.57 bits per heavy atom. The quantitative estimate of drug-likeness (QED) is 0.415. The molecule has 152 valence electrons. The number of carbonyl (C=O) groups is 1. The number of thiazole rings is 1. The molecule has 0 radical (unpaired) electrons. The third-order valence-corrected chi connectivity index (χ3v) is 5.35. The van der Waals surface area contributed by atoms with Crippen LogP contribution >= 0.6 is 11.3 Å². The van der Waals surface area contributed by atoms with Crippen molar-refractivity contribution in [1.29, 1.82) is 0 Å². The summed E-state index contributed by atoms with van der Waals surface area (Å²) in [6.07, 6.45) is 0. The predicted octanol–water partition coefficient (Wildman–Crippen LogP) is 6.03. The molecule has 0 saturated heterocycles. The Kier molecular flexibility index (Phi) is 5.68. The second-order valence-corrected chi connectivity index (χ2v) is 8.25. The Balaban J connectivity index is 1.32. The van der Waals surface area contributed by atoms with Crippen LogP contribution in [-0.4, -0.2) is 17.5 Å². The first-order chi connectivity index (χ1) is 14.4. The largest absolute Gasteiger partial charge is 0.484 e. The van der Waals surface area contributed by atoms with Crippen LogP contribution in [0.2, 0.25) is 0 Å². The van der Waals surface area contributed by atoms with Crippen molar-refractivity contribution >= 4 is 32.6 Å². The number of aromatic nitrogens is 1. The number of amides is 1. The molecule has 0 spiro atoms. The highest BCUT2D eigenvalue weighted by Crippen LogP contribution is 2.27. The molecule has 4 rings (SSSR count). The van der Waals surface area contributed by atoms with Crippen molar-refractivity contribution in [2.45, 2.75) is 20.8 Å². The Hall–Kier alpha value is -3.38. The minimum absolute atomic E-state index is 0.0910. The van der Waals surface area contributed by atoms with Gasteiger partial charge in [0.2, 0.25) is 0 Å². The Bertz CT molecular complexity index is 1180. The first-order valence-corrected chi connectivity index (χ1v) is 10.4. The summed E-state index contributed by atoms with van der Waals surface area (Å²) in [5.74, 6) is 1.85. The molecule has 0 bridgehead atoms. The molecular formula is C24H22N2O3S. The number of anilines is 1. The molecule has 0 aliphatic rings. The van der Waals surface area contributed by atoms with Crippen molar-refractivity contribution in [2.75, 3.05) is 11.9 Å². The molecule has 6 heteroatoms. The number of hydrogen-bond donors (Lipinski definition) is 1. The van der Waals surface area contributed by atoms with Gasteiger partial charge in [-0.05, 0) is 86.0 Å². The normalized spacial score (nSPS) is 10.8. The smallest absolute Gasteiger partial charge is 0.264 e. The van der Waals surface area contributed by atoms with Crippen LogP contribution in [0.15, 0.2) is 60.7 Å². The van der Waals surface area contributed by atoms with Gasteiger partial charge in [-0.15, -0.1) is 0 Å². The molecule has 3 aromatic carbocycles. The number of ether oxygens (including phenoxy) is 2. The van der Waals surface area contributed by atoms with Crippen molar-refractivity contribution < 1.29 is 14.3 Å². The second kappa shape index (κ2) is 8.55. The molecule has 1 heterocycles. The molecule has 1 amide bonds. The van der Waals surface area contributed by atoms with Gasteiger partial charge in [-0.25, -0.2) is 4.98 Å². The number of fused-ring (bicyclic) bond motifs is 1. The van der Waals surface area contributed by atoms with Gasteiger partial charge in [0.25, 0.3) is 5.91 Å².